The number of carbonyl (C=O) groups is 1. The van der Waals surface area contributed by atoms with Gasteiger partial charge < -0.3 is 10.6 Å². The largest absolute Gasteiger partial charge is 0.335 e. The van der Waals surface area contributed by atoms with Crippen molar-refractivity contribution in [1.29, 1.82) is 0 Å². The lowest BCUT2D eigenvalue weighted by molar-refractivity contribution is 0.112. The van der Waals surface area contributed by atoms with Crippen LogP contribution >= 0.6 is 0 Å². The van der Waals surface area contributed by atoms with E-state index in [4.69, 9.17) is 0 Å². The molecule has 2 aromatic carbocycles. The van der Waals surface area contributed by atoms with Crippen molar-refractivity contribution in [3.8, 4) is 0 Å². The zero-order valence-corrected chi connectivity index (χ0v) is 14.7. The van der Waals surface area contributed by atoms with Gasteiger partial charge in [0.1, 0.15) is 5.82 Å². The minimum atomic E-state index is -0.352. The summed E-state index contributed by atoms with van der Waals surface area (Å²) in [5.41, 5.74) is 1.83. The first-order valence-corrected chi connectivity index (χ1v) is 9.30. The van der Waals surface area contributed by atoms with Gasteiger partial charge in [-0.1, -0.05) is 36.4 Å². The molecule has 5 heteroatoms. The molecule has 136 valence electrons. The quantitative estimate of drug-likeness (QED) is 0.867. The van der Waals surface area contributed by atoms with Gasteiger partial charge in [-0.3, -0.25) is 4.90 Å². The number of halogens is 1. The Balaban J connectivity index is 1.33. The molecule has 0 aliphatic carbocycles. The monoisotopic (exact) mass is 353 g/mol. The van der Waals surface area contributed by atoms with E-state index in [0.717, 1.165) is 19.4 Å². The summed E-state index contributed by atoms with van der Waals surface area (Å²) in [6.45, 7) is 0.985. The van der Waals surface area contributed by atoms with Gasteiger partial charge in [0.25, 0.3) is 0 Å². The fraction of sp³-hybridized carbons (Fsp3) is 0.381. The number of urea groups is 1. The highest BCUT2D eigenvalue weighted by atomic mass is 19.1. The molecule has 0 spiro atoms. The molecule has 2 heterocycles. The molecule has 3 atom stereocenters. The van der Waals surface area contributed by atoms with Gasteiger partial charge >= 0.3 is 6.03 Å². The smallest absolute Gasteiger partial charge is 0.319 e. The minimum absolute atomic E-state index is 0.174. The van der Waals surface area contributed by atoms with Crippen LogP contribution in [0.15, 0.2) is 54.6 Å². The van der Waals surface area contributed by atoms with E-state index in [0.29, 0.717) is 17.8 Å². The summed E-state index contributed by atoms with van der Waals surface area (Å²) in [7, 11) is 0. The van der Waals surface area contributed by atoms with Gasteiger partial charge in [-0.15, -0.1) is 0 Å². The molecule has 0 aromatic heterocycles. The van der Waals surface area contributed by atoms with Crippen molar-refractivity contribution in [2.75, 3.05) is 5.32 Å². The molecule has 2 bridgehead atoms. The average molecular weight is 353 g/mol. The van der Waals surface area contributed by atoms with Crippen molar-refractivity contribution in [3.05, 3.63) is 66.0 Å². The SMILES string of the molecule is O=C(Nc1cccc(F)c1)NC1C[C@H]2CC[C@@H](C1)N2Cc1ccccc1. The summed E-state index contributed by atoms with van der Waals surface area (Å²) < 4.78 is 13.2. The van der Waals surface area contributed by atoms with Crippen LogP contribution in [0.1, 0.15) is 31.2 Å². The fourth-order valence-electron chi connectivity index (χ4n) is 4.36. The standard InChI is InChI=1S/C21H24FN3O/c22-16-7-4-8-17(11-16)23-21(26)24-18-12-19-9-10-20(13-18)25(19)14-15-5-2-1-3-6-15/h1-8,11,18-20H,9-10,12-14H2,(H2,23,24,26)/t18?,19-,20+. The van der Waals surface area contributed by atoms with Crippen LogP contribution in [0.5, 0.6) is 0 Å². The molecule has 26 heavy (non-hydrogen) atoms. The highest BCUT2D eigenvalue weighted by Gasteiger charge is 2.40. The van der Waals surface area contributed by atoms with Crippen molar-refractivity contribution in [1.82, 2.24) is 10.2 Å². The van der Waals surface area contributed by atoms with Crippen LogP contribution in [0.4, 0.5) is 14.9 Å². The second-order valence-corrected chi connectivity index (χ2v) is 7.32. The first-order valence-electron chi connectivity index (χ1n) is 9.30. The number of anilines is 1. The van der Waals surface area contributed by atoms with Crippen LogP contribution in [-0.4, -0.2) is 29.1 Å². The Labute approximate surface area is 153 Å². The predicted octanol–water partition coefficient (Wildman–Crippen LogP) is 4.14. The predicted molar refractivity (Wildman–Crippen MR) is 100 cm³/mol. The van der Waals surface area contributed by atoms with Gasteiger partial charge in [-0.05, 0) is 49.4 Å². The van der Waals surface area contributed by atoms with Crippen LogP contribution in [0.3, 0.4) is 0 Å². The summed E-state index contributed by atoms with van der Waals surface area (Å²) in [6.07, 6.45) is 4.34. The number of carbonyl (C=O) groups excluding carboxylic acids is 1. The molecular weight excluding hydrogens is 329 g/mol. The number of hydrogen-bond donors (Lipinski definition) is 2. The molecular formula is C21H24FN3O. The molecule has 2 amide bonds. The maximum atomic E-state index is 13.2. The number of rotatable bonds is 4. The second kappa shape index (κ2) is 7.46. The molecule has 2 aromatic rings. The zero-order chi connectivity index (χ0) is 17.9. The molecule has 0 saturated carbocycles. The van der Waals surface area contributed by atoms with Gasteiger partial charge in [-0.25, -0.2) is 9.18 Å². The van der Waals surface area contributed by atoms with Crippen LogP contribution in [0.25, 0.3) is 0 Å². The highest BCUT2D eigenvalue weighted by Crippen LogP contribution is 2.36. The van der Waals surface area contributed by atoms with E-state index >= 15 is 0 Å². The van der Waals surface area contributed by atoms with Gasteiger partial charge in [0.15, 0.2) is 0 Å². The van der Waals surface area contributed by atoms with Gasteiger partial charge in [0.05, 0.1) is 0 Å². The average Bonchev–Trinajstić information content (AvgIpc) is 2.85. The van der Waals surface area contributed by atoms with Gasteiger partial charge in [0.2, 0.25) is 0 Å². The van der Waals surface area contributed by atoms with E-state index in [9.17, 15) is 9.18 Å². The second-order valence-electron chi connectivity index (χ2n) is 7.32. The number of hydrogen-bond acceptors (Lipinski definition) is 2. The number of amides is 2. The lowest BCUT2D eigenvalue weighted by Gasteiger charge is -2.39. The van der Waals surface area contributed by atoms with E-state index in [-0.39, 0.29) is 17.9 Å². The number of benzene rings is 2. The fourth-order valence-corrected chi connectivity index (χ4v) is 4.36. The van der Waals surface area contributed by atoms with Crippen molar-refractivity contribution in [2.45, 2.75) is 50.4 Å². The minimum Gasteiger partial charge on any atom is -0.335 e. The van der Waals surface area contributed by atoms with E-state index < -0.39 is 0 Å². The maximum Gasteiger partial charge on any atom is 0.319 e. The van der Waals surface area contributed by atoms with Crippen molar-refractivity contribution < 1.29 is 9.18 Å². The van der Waals surface area contributed by atoms with Crippen molar-refractivity contribution in [3.63, 3.8) is 0 Å². The van der Waals surface area contributed by atoms with Crippen LogP contribution in [0, 0.1) is 5.82 Å². The van der Waals surface area contributed by atoms with E-state index in [1.165, 1.54) is 30.5 Å². The van der Waals surface area contributed by atoms with Crippen LogP contribution < -0.4 is 10.6 Å². The van der Waals surface area contributed by atoms with E-state index in [1.54, 1.807) is 12.1 Å². The topological polar surface area (TPSA) is 44.4 Å². The summed E-state index contributed by atoms with van der Waals surface area (Å²) in [5.74, 6) is -0.352. The lowest BCUT2D eigenvalue weighted by Crippen LogP contribution is -2.50. The molecule has 2 N–H and O–H groups in total. The number of nitrogens with zero attached hydrogens (tertiary/aromatic N) is 1. The first kappa shape index (κ1) is 17.0. The van der Waals surface area contributed by atoms with Gasteiger partial charge in [0, 0.05) is 30.4 Å². The summed E-state index contributed by atoms with van der Waals surface area (Å²) >= 11 is 0. The third kappa shape index (κ3) is 3.88. The van der Waals surface area contributed by atoms with E-state index in [1.807, 2.05) is 6.07 Å². The summed E-state index contributed by atoms with van der Waals surface area (Å²) in [5, 5.41) is 5.80. The van der Waals surface area contributed by atoms with Gasteiger partial charge in [-0.2, -0.15) is 0 Å². The molecule has 2 aliphatic rings. The van der Waals surface area contributed by atoms with Crippen molar-refractivity contribution >= 4 is 11.7 Å². The van der Waals surface area contributed by atoms with Crippen molar-refractivity contribution in [2.24, 2.45) is 0 Å². The Morgan fingerprint density at radius 2 is 1.77 bits per heavy atom. The van der Waals surface area contributed by atoms with Crippen LogP contribution in [0.2, 0.25) is 0 Å². The Kier molecular flexibility index (Phi) is 4.89. The number of fused-ring (bicyclic) bond motifs is 2. The summed E-state index contributed by atoms with van der Waals surface area (Å²) in [4.78, 5) is 14.8. The van der Waals surface area contributed by atoms with E-state index in [2.05, 4.69) is 39.8 Å². The lowest BCUT2D eigenvalue weighted by atomic mass is 9.96. The third-order valence-corrected chi connectivity index (χ3v) is 5.51. The van der Waals surface area contributed by atoms with Crippen LogP contribution in [-0.2, 0) is 6.54 Å². The Hall–Kier alpha value is -2.40. The normalized spacial score (nSPS) is 25.0. The molecule has 2 saturated heterocycles. The Bertz CT molecular complexity index is 753. The third-order valence-electron chi connectivity index (χ3n) is 5.51. The Morgan fingerprint density at radius 1 is 1.04 bits per heavy atom. The molecule has 1 unspecified atom stereocenters. The number of piperidine rings is 1. The molecule has 2 fully saturated rings. The zero-order valence-electron chi connectivity index (χ0n) is 14.7. The number of nitrogens with one attached hydrogen (secondary N) is 2. The first-order chi connectivity index (χ1) is 12.7. The molecule has 0 radical (unpaired) electrons. The molecule has 4 rings (SSSR count). The summed E-state index contributed by atoms with van der Waals surface area (Å²) in [6, 6.07) is 17.5. The highest BCUT2D eigenvalue weighted by molar-refractivity contribution is 5.89. The molecule has 2 aliphatic heterocycles. The Morgan fingerprint density at radius 3 is 2.46 bits per heavy atom. The maximum absolute atomic E-state index is 13.2. The molecule has 4 nitrogen and oxygen atoms in total.